The Morgan fingerprint density at radius 3 is 2.19 bits per heavy atom. The minimum Gasteiger partial charge on any atom is -0.465 e. The lowest BCUT2D eigenvalue weighted by molar-refractivity contribution is -0.144. The summed E-state index contributed by atoms with van der Waals surface area (Å²) in [5.74, 6) is -2.78. The van der Waals surface area contributed by atoms with Crippen LogP contribution in [-0.4, -0.2) is 46.9 Å². The third-order valence-electron chi connectivity index (χ3n) is 3.01. The number of ether oxygens (including phenoxy) is 3. The second-order valence-electron chi connectivity index (χ2n) is 4.83. The molecule has 0 unspecified atom stereocenters. The van der Waals surface area contributed by atoms with Gasteiger partial charge in [0, 0.05) is 6.20 Å². The summed E-state index contributed by atoms with van der Waals surface area (Å²) in [6.45, 7) is 3.95. The summed E-state index contributed by atoms with van der Waals surface area (Å²) in [4.78, 5) is 60.3. The van der Waals surface area contributed by atoms with Gasteiger partial charge in [0.25, 0.3) is 5.56 Å². The Morgan fingerprint density at radius 1 is 1.04 bits per heavy atom. The largest absolute Gasteiger partial charge is 0.465 e. The van der Waals surface area contributed by atoms with Crippen molar-refractivity contribution in [3.63, 3.8) is 0 Å². The second-order valence-corrected chi connectivity index (χ2v) is 5.24. The van der Waals surface area contributed by atoms with Gasteiger partial charge in [-0.05, 0) is 20.8 Å². The zero-order valence-electron chi connectivity index (χ0n) is 15.0. The maximum Gasteiger partial charge on any atom is 0.355 e. The van der Waals surface area contributed by atoms with E-state index in [4.69, 9.17) is 25.8 Å². The Morgan fingerprint density at radius 2 is 1.63 bits per heavy atom. The number of hydrogen-bond acceptors (Lipinski definition) is 8. The lowest BCUT2D eigenvalue weighted by Crippen LogP contribution is -2.42. The summed E-state index contributed by atoms with van der Waals surface area (Å²) in [5.41, 5.74) is -2.56. The topological polar surface area (TPSA) is 123 Å². The fraction of sp³-hybridized carbons (Fsp3) is 0.438. The van der Waals surface area contributed by atoms with Gasteiger partial charge in [0.1, 0.15) is 17.3 Å². The molecule has 0 N–H and O–H groups in total. The lowest BCUT2D eigenvalue weighted by atomic mass is 10.3. The third kappa shape index (κ3) is 5.81. The molecule has 0 aliphatic heterocycles. The van der Waals surface area contributed by atoms with E-state index in [2.05, 4.69) is 0 Å². The number of halogens is 1. The Bertz CT molecular complexity index is 868. The van der Waals surface area contributed by atoms with Gasteiger partial charge < -0.3 is 14.2 Å². The van der Waals surface area contributed by atoms with E-state index >= 15 is 0 Å². The van der Waals surface area contributed by atoms with Crippen molar-refractivity contribution in [3.8, 4) is 0 Å². The highest BCUT2D eigenvalue weighted by atomic mass is 35.5. The molecule has 0 saturated heterocycles. The van der Waals surface area contributed by atoms with Crippen molar-refractivity contribution in [1.82, 2.24) is 9.13 Å². The number of nitrogens with zero attached hydrogens (tertiary/aromatic N) is 2. The Balaban J connectivity index is 3.59. The number of carbonyl (C=O) groups is 3. The third-order valence-corrected chi connectivity index (χ3v) is 3.27. The molecule has 11 heteroatoms. The van der Waals surface area contributed by atoms with Crippen LogP contribution in [-0.2, 0) is 35.1 Å². The molecule has 0 amide bonds. The molecule has 0 fully saturated rings. The van der Waals surface area contributed by atoms with E-state index in [9.17, 15) is 24.0 Å². The smallest absolute Gasteiger partial charge is 0.355 e. The summed E-state index contributed by atoms with van der Waals surface area (Å²) in [6, 6.07) is 0. The highest BCUT2D eigenvalue weighted by Gasteiger charge is 2.22. The summed E-state index contributed by atoms with van der Waals surface area (Å²) in [7, 11) is 0. The highest BCUT2D eigenvalue weighted by Crippen LogP contribution is 2.08. The predicted octanol–water partition coefficient (Wildman–Crippen LogP) is 0.194. The number of hydrogen-bond donors (Lipinski definition) is 0. The van der Waals surface area contributed by atoms with Crippen LogP contribution in [0.1, 0.15) is 20.8 Å². The molecular weight excluding hydrogens is 384 g/mol. The van der Waals surface area contributed by atoms with Crippen molar-refractivity contribution in [3.05, 3.63) is 38.1 Å². The average molecular weight is 403 g/mol. The van der Waals surface area contributed by atoms with Crippen molar-refractivity contribution in [2.24, 2.45) is 0 Å². The molecule has 0 spiro atoms. The summed E-state index contributed by atoms with van der Waals surface area (Å²) >= 11 is 5.83. The molecule has 1 rings (SSSR count). The van der Waals surface area contributed by atoms with Crippen molar-refractivity contribution >= 4 is 35.2 Å². The van der Waals surface area contributed by atoms with Crippen molar-refractivity contribution < 1.29 is 28.6 Å². The summed E-state index contributed by atoms with van der Waals surface area (Å²) < 4.78 is 15.4. The first-order valence-electron chi connectivity index (χ1n) is 8.00. The second kappa shape index (κ2) is 10.3. The molecule has 10 nitrogen and oxygen atoms in total. The first-order chi connectivity index (χ1) is 12.8. The molecule has 0 bridgehead atoms. The van der Waals surface area contributed by atoms with Crippen LogP contribution < -0.4 is 11.2 Å². The first-order valence-corrected chi connectivity index (χ1v) is 8.38. The fourth-order valence-electron chi connectivity index (χ4n) is 1.94. The van der Waals surface area contributed by atoms with Gasteiger partial charge in [-0.3, -0.25) is 14.2 Å². The quantitative estimate of drug-likeness (QED) is 0.343. The molecule has 0 radical (unpaired) electrons. The van der Waals surface area contributed by atoms with E-state index in [1.54, 1.807) is 13.8 Å². The zero-order valence-corrected chi connectivity index (χ0v) is 15.8. The molecule has 0 aliphatic carbocycles. The van der Waals surface area contributed by atoms with E-state index in [-0.39, 0.29) is 19.8 Å². The van der Waals surface area contributed by atoms with Crippen LogP contribution in [0.3, 0.4) is 0 Å². The molecular formula is C16H19ClN2O8. The molecule has 27 heavy (non-hydrogen) atoms. The maximum atomic E-state index is 12.6. The van der Waals surface area contributed by atoms with Gasteiger partial charge >= 0.3 is 23.6 Å². The normalized spacial score (nSPS) is 11.0. The van der Waals surface area contributed by atoms with Gasteiger partial charge in [-0.15, -0.1) is 0 Å². The summed E-state index contributed by atoms with van der Waals surface area (Å²) in [5, 5.41) is -0.460. The van der Waals surface area contributed by atoms with Crippen molar-refractivity contribution in [2.45, 2.75) is 27.3 Å². The minimum atomic E-state index is -1.08. The van der Waals surface area contributed by atoms with Gasteiger partial charge in [0.15, 0.2) is 0 Å². The molecule has 1 heterocycles. The van der Waals surface area contributed by atoms with Gasteiger partial charge in [0.2, 0.25) is 0 Å². The van der Waals surface area contributed by atoms with E-state index < -0.39 is 46.4 Å². The molecule has 0 aliphatic rings. The molecule has 1 aromatic rings. The summed E-state index contributed by atoms with van der Waals surface area (Å²) in [6.07, 6.45) is 1.59. The van der Waals surface area contributed by atoms with E-state index in [0.29, 0.717) is 9.13 Å². The average Bonchev–Trinajstić information content (AvgIpc) is 2.60. The van der Waals surface area contributed by atoms with E-state index in [0.717, 1.165) is 12.3 Å². The molecule has 1 aromatic heterocycles. The van der Waals surface area contributed by atoms with E-state index in [1.165, 1.54) is 6.92 Å². The van der Waals surface area contributed by atoms with Crippen LogP contribution in [0.25, 0.3) is 5.70 Å². The minimum absolute atomic E-state index is 0.0312. The standard InChI is InChI=1S/C16H19ClN2O8/c1-4-25-12(20)7-11(15(23)27-6-3)18-8-10(17)14(22)19(16(18)24)9-13(21)26-5-2/h7-8H,4-6,9H2,1-3H3. The Hall–Kier alpha value is -2.88. The zero-order chi connectivity index (χ0) is 20.6. The molecule has 0 atom stereocenters. The van der Waals surface area contributed by atoms with Crippen LogP contribution >= 0.6 is 11.6 Å². The first kappa shape index (κ1) is 22.2. The number of aromatic nitrogens is 2. The van der Waals surface area contributed by atoms with Gasteiger partial charge in [-0.2, -0.15) is 0 Å². The van der Waals surface area contributed by atoms with Crippen LogP contribution in [0.15, 0.2) is 21.9 Å². The van der Waals surface area contributed by atoms with Crippen LogP contribution in [0.2, 0.25) is 5.02 Å². The highest BCUT2D eigenvalue weighted by molar-refractivity contribution is 6.30. The Kier molecular flexibility index (Phi) is 8.46. The fourth-order valence-corrected chi connectivity index (χ4v) is 2.14. The van der Waals surface area contributed by atoms with Crippen LogP contribution in [0.4, 0.5) is 0 Å². The maximum absolute atomic E-state index is 12.6. The van der Waals surface area contributed by atoms with E-state index in [1.807, 2.05) is 0 Å². The van der Waals surface area contributed by atoms with Gasteiger partial charge in [-0.25, -0.2) is 19.0 Å². The molecule has 0 saturated carbocycles. The Labute approximate surface area is 158 Å². The van der Waals surface area contributed by atoms with Crippen molar-refractivity contribution in [1.29, 1.82) is 0 Å². The SMILES string of the molecule is CCOC(=O)C=C(C(=O)OCC)n1cc(Cl)c(=O)n(CC(=O)OCC)c1=O. The van der Waals surface area contributed by atoms with Crippen molar-refractivity contribution in [2.75, 3.05) is 19.8 Å². The number of esters is 3. The number of carbonyl (C=O) groups excluding carboxylic acids is 3. The number of rotatable bonds is 8. The predicted molar refractivity (Wildman–Crippen MR) is 94.1 cm³/mol. The molecule has 148 valence electrons. The van der Waals surface area contributed by atoms with Gasteiger partial charge in [0.05, 0.1) is 25.9 Å². The lowest BCUT2D eigenvalue weighted by Gasteiger charge is -2.13. The molecule has 0 aromatic carbocycles. The van der Waals surface area contributed by atoms with Crippen LogP contribution in [0, 0.1) is 0 Å². The monoisotopic (exact) mass is 402 g/mol. The van der Waals surface area contributed by atoms with Crippen LogP contribution in [0.5, 0.6) is 0 Å². The van der Waals surface area contributed by atoms with Gasteiger partial charge in [-0.1, -0.05) is 11.6 Å².